The van der Waals surface area contributed by atoms with Crippen LogP contribution in [0.15, 0.2) is 0 Å². The van der Waals surface area contributed by atoms with Crippen LogP contribution in [0, 0.1) is 5.41 Å². The van der Waals surface area contributed by atoms with Gasteiger partial charge in [-0.25, -0.2) is 0 Å². The van der Waals surface area contributed by atoms with E-state index >= 15 is 0 Å². The number of carbonyl (C=O) groups excluding carboxylic acids is 1. The molecule has 0 saturated carbocycles. The predicted octanol–water partition coefficient (Wildman–Crippen LogP) is 1.06. The van der Waals surface area contributed by atoms with Crippen LogP contribution in [0.2, 0.25) is 0 Å². The van der Waals surface area contributed by atoms with Crippen molar-refractivity contribution in [2.45, 2.75) is 39.2 Å². The monoisotopic (exact) mass is 199 g/mol. The molecule has 1 aliphatic heterocycles. The zero-order chi connectivity index (χ0) is 10.8. The first-order valence-electron chi connectivity index (χ1n) is 5.26. The number of β-amino-alcohol motifs (C(OH)–C–C–N with tert-alkyl or cyclic N) is 1. The first-order valence-corrected chi connectivity index (χ1v) is 5.26. The Hall–Kier alpha value is -0.410. The van der Waals surface area contributed by atoms with Crippen LogP contribution in [0.1, 0.15) is 33.6 Å². The Balaban J connectivity index is 2.50. The van der Waals surface area contributed by atoms with Gasteiger partial charge in [0, 0.05) is 18.5 Å². The highest BCUT2D eigenvalue weighted by atomic mass is 16.3. The minimum absolute atomic E-state index is 0.298. The Bertz CT molecular complexity index is 211. The SMILES string of the molecule is CC(C)(C=O)CN1CCCC(C)(O)C1. The summed E-state index contributed by atoms with van der Waals surface area (Å²) in [4.78, 5) is 13.0. The highest BCUT2D eigenvalue weighted by Gasteiger charge is 2.31. The third kappa shape index (κ3) is 3.39. The van der Waals surface area contributed by atoms with Crippen LogP contribution in [0.4, 0.5) is 0 Å². The maximum Gasteiger partial charge on any atom is 0.126 e. The molecule has 14 heavy (non-hydrogen) atoms. The summed E-state index contributed by atoms with van der Waals surface area (Å²) in [6, 6.07) is 0. The van der Waals surface area contributed by atoms with Gasteiger partial charge >= 0.3 is 0 Å². The zero-order valence-corrected chi connectivity index (χ0v) is 9.42. The molecule has 0 aromatic heterocycles. The van der Waals surface area contributed by atoms with Crippen molar-refractivity contribution in [2.24, 2.45) is 5.41 Å². The number of rotatable bonds is 3. The molecule has 0 aliphatic carbocycles. The molecule has 1 N–H and O–H groups in total. The molecule has 1 aliphatic rings. The molecule has 1 fully saturated rings. The van der Waals surface area contributed by atoms with Gasteiger partial charge in [0.15, 0.2) is 0 Å². The number of nitrogens with zero attached hydrogens (tertiary/aromatic N) is 1. The van der Waals surface area contributed by atoms with Gasteiger partial charge in [-0.3, -0.25) is 4.90 Å². The molecule has 1 rings (SSSR count). The topological polar surface area (TPSA) is 40.5 Å². The summed E-state index contributed by atoms with van der Waals surface area (Å²) >= 11 is 0. The van der Waals surface area contributed by atoms with Crippen LogP contribution in [-0.2, 0) is 4.79 Å². The minimum Gasteiger partial charge on any atom is -0.389 e. The summed E-state index contributed by atoms with van der Waals surface area (Å²) in [5.41, 5.74) is -0.870. The Labute approximate surface area is 86.1 Å². The minimum atomic E-state index is -0.572. The summed E-state index contributed by atoms with van der Waals surface area (Å²) in [5, 5.41) is 9.88. The van der Waals surface area contributed by atoms with Gasteiger partial charge in [-0.15, -0.1) is 0 Å². The molecule has 0 bridgehead atoms. The van der Waals surface area contributed by atoms with Crippen molar-refractivity contribution in [3.8, 4) is 0 Å². The van der Waals surface area contributed by atoms with Crippen molar-refractivity contribution in [3.05, 3.63) is 0 Å². The Morgan fingerprint density at radius 3 is 2.71 bits per heavy atom. The van der Waals surface area contributed by atoms with Crippen molar-refractivity contribution < 1.29 is 9.90 Å². The van der Waals surface area contributed by atoms with Crippen molar-refractivity contribution in [3.63, 3.8) is 0 Å². The number of likely N-dealkylation sites (tertiary alicyclic amines) is 1. The molecule has 3 nitrogen and oxygen atoms in total. The second kappa shape index (κ2) is 3.99. The Morgan fingerprint density at radius 1 is 1.57 bits per heavy atom. The first-order chi connectivity index (χ1) is 6.35. The van der Waals surface area contributed by atoms with Gasteiger partial charge in [-0.2, -0.15) is 0 Å². The van der Waals surface area contributed by atoms with Gasteiger partial charge in [0.25, 0.3) is 0 Å². The summed E-state index contributed by atoms with van der Waals surface area (Å²) in [6.07, 6.45) is 2.88. The van der Waals surface area contributed by atoms with E-state index in [9.17, 15) is 9.90 Å². The number of aldehydes is 1. The van der Waals surface area contributed by atoms with Crippen LogP contribution in [0.3, 0.4) is 0 Å². The maximum absolute atomic E-state index is 10.8. The largest absolute Gasteiger partial charge is 0.389 e. The Morgan fingerprint density at radius 2 is 2.21 bits per heavy atom. The van der Waals surface area contributed by atoms with Gasteiger partial charge in [-0.05, 0) is 26.3 Å². The second-order valence-corrected chi connectivity index (χ2v) is 5.42. The van der Waals surface area contributed by atoms with Gasteiger partial charge in [-0.1, -0.05) is 13.8 Å². The van der Waals surface area contributed by atoms with E-state index in [0.29, 0.717) is 6.54 Å². The average molecular weight is 199 g/mol. The van der Waals surface area contributed by atoms with E-state index in [0.717, 1.165) is 32.2 Å². The van der Waals surface area contributed by atoms with Gasteiger partial charge < -0.3 is 9.90 Å². The quantitative estimate of drug-likeness (QED) is 0.691. The van der Waals surface area contributed by atoms with E-state index in [1.165, 1.54) is 0 Å². The lowest BCUT2D eigenvalue weighted by Gasteiger charge is -2.39. The fourth-order valence-corrected chi connectivity index (χ4v) is 2.07. The van der Waals surface area contributed by atoms with Gasteiger partial charge in [0.1, 0.15) is 6.29 Å². The van der Waals surface area contributed by atoms with Gasteiger partial charge in [0.2, 0.25) is 0 Å². The summed E-state index contributed by atoms with van der Waals surface area (Å²) < 4.78 is 0. The fourth-order valence-electron chi connectivity index (χ4n) is 2.07. The highest BCUT2D eigenvalue weighted by molar-refractivity contribution is 5.58. The lowest BCUT2D eigenvalue weighted by molar-refractivity contribution is -0.116. The Kier molecular flexibility index (Phi) is 3.32. The number of hydrogen-bond acceptors (Lipinski definition) is 3. The lowest BCUT2D eigenvalue weighted by atomic mass is 9.90. The van der Waals surface area contributed by atoms with Gasteiger partial charge in [0.05, 0.1) is 5.60 Å². The molecular weight excluding hydrogens is 178 g/mol. The van der Waals surface area contributed by atoms with E-state index in [1.54, 1.807) is 0 Å². The lowest BCUT2D eigenvalue weighted by Crippen LogP contribution is -2.49. The van der Waals surface area contributed by atoms with Crippen molar-refractivity contribution >= 4 is 6.29 Å². The molecule has 1 unspecified atom stereocenters. The van der Waals surface area contributed by atoms with Crippen LogP contribution in [0.25, 0.3) is 0 Å². The molecule has 3 heteroatoms. The molecular formula is C11H21NO2. The molecule has 0 aromatic rings. The molecule has 1 heterocycles. The van der Waals surface area contributed by atoms with E-state index < -0.39 is 5.60 Å². The molecule has 0 spiro atoms. The third-order valence-electron chi connectivity index (χ3n) is 2.70. The first kappa shape index (κ1) is 11.7. The van der Waals surface area contributed by atoms with Crippen molar-refractivity contribution in [2.75, 3.05) is 19.6 Å². The number of aliphatic hydroxyl groups is 1. The highest BCUT2D eigenvalue weighted by Crippen LogP contribution is 2.23. The van der Waals surface area contributed by atoms with Crippen molar-refractivity contribution in [1.29, 1.82) is 0 Å². The number of carbonyl (C=O) groups is 1. The van der Waals surface area contributed by atoms with Crippen molar-refractivity contribution in [1.82, 2.24) is 4.90 Å². The molecule has 1 saturated heterocycles. The van der Waals surface area contributed by atoms with Crippen LogP contribution < -0.4 is 0 Å². The molecule has 82 valence electrons. The molecule has 1 atom stereocenters. The summed E-state index contributed by atoms with van der Waals surface area (Å²) in [5.74, 6) is 0. The van der Waals surface area contributed by atoms with E-state index in [-0.39, 0.29) is 5.41 Å². The van der Waals surface area contributed by atoms with Crippen LogP contribution in [-0.4, -0.2) is 41.5 Å². The van der Waals surface area contributed by atoms with Crippen LogP contribution >= 0.6 is 0 Å². The smallest absolute Gasteiger partial charge is 0.126 e. The summed E-state index contributed by atoms with van der Waals surface area (Å²) in [6.45, 7) is 8.16. The maximum atomic E-state index is 10.8. The van der Waals surface area contributed by atoms with E-state index in [4.69, 9.17) is 0 Å². The molecule has 0 aromatic carbocycles. The zero-order valence-electron chi connectivity index (χ0n) is 9.42. The number of piperidine rings is 1. The second-order valence-electron chi connectivity index (χ2n) is 5.42. The van der Waals surface area contributed by atoms with E-state index in [2.05, 4.69) is 4.90 Å². The predicted molar refractivity (Wildman–Crippen MR) is 56.1 cm³/mol. The standard InChI is InChI=1S/C11H21NO2/c1-10(2,9-13)7-12-6-4-5-11(3,14)8-12/h9,14H,4-8H2,1-3H3. The van der Waals surface area contributed by atoms with E-state index in [1.807, 2.05) is 20.8 Å². The van der Waals surface area contributed by atoms with Crippen LogP contribution in [0.5, 0.6) is 0 Å². The fraction of sp³-hybridized carbons (Fsp3) is 0.909. The third-order valence-corrected chi connectivity index (χ3v) is 2.70. The molecule has 0 radical (unpaired) electrons. The normalized spacial score (nSPS) is 30.3. The molecule has 0 amide bonds. The summed E-state index contributed by atoms with van der Waals surface area (Å²) in [7, 11) is 0. The number of hydrogen-bond donors (Lipinski definition) is 1. The average Bonchev–Trinajstić information content (AvgIpc) is 2.01.